The minimum atomic E-state index is 0. The number of halogens is 1. The average Bonchev–Trinajstić information content (AvgIpc) is 2.87. The van der Waals surface area contributed by atoms with Crippen LogP contribution in [0.3, 0.4) is 0 Å². The third kappa shape index (κ3) is 5.41. The summed E-state index contributed by atoms with van der Waals surface area (Å²) in [6, 6.07) is 4.09. The number of aryl methyl sites for hydroxylation is 1. The van der Waals surface area contributed by atoms with Crippen LogP contribution in [-0.4, -0.2) is 16.7 Å². The van der Waals surface area contributed by atoms with Crippen molar-refractivity contribution in [3.63, 3.8) is 0 Å². The Kier molecular flexibility index (Phi) is 8.16. The van der Waals surface area contributed by atoms with Crippen molar-refractivity contribution in [1.82, 2.24) is 4.47 Å². The summed E-state index contributed by atoms with van der Waals surface area (Å²) in [6.07, 6.45) is 11.4. The van der Waals surface area contributed by atoms with Crippen molar-refractivity contribution in [2.45, 2.75) is 26.2 Å². The number of allylic oxidation sites excluding steroid dienone is 1. The van der Waals surface area contributed by atoms with E-state index in [0.29, 0.717) is 6.54 Å². The molecule has 0 aromatic carbocycles. The maximum absolute atomic E-state index is 5.53. The molecule has 0 fully saturated rings. The van der Waals surface area contributed by atoms with Crippen molar-refractivity contribution in [2.24, 2.45) is 11.4 Å². The molecule has 1 aliphatic heterocycles. The smallest absolute Gasteiger partial charge is 0.177 e. The van der Waals surface area contributed by atoms with E-state index in [1.54, 1.807) is 10.7 Å². The van der Waals surface area contributed by atoms with Crippen molar-refractivity contribution in [3.8, 4) is 0 Å². The van der Waals surface area contributed by atoms with Crippen LogP contribution in [0, 0.1) is 0 Å². The van der Waals surface area contributed by atoms with Crippen molar-refractivity contribution in [2.75, 3.05) is 6.54 Å². The van der Waals surface area contributed by atoms with Crippen molar-refractivity contribution < 1.29 is 33.4 Å². The molecular weight excluding hydrogens is 385 g/mol. The van der Waals surface area contributed by atoms with Gasteiger partial charge in [-0.25, -0.2) is 4.57 Å². The van der Waals surface area contributed by atoms with Crippen LogP contribution in [0.1, 0.15) is 31.7 Å². The van der Waals surface area contributed by atoms with Crippen LogP contribution >= 0.6 is 12.1 Å². The highest BCUT2D eigenvalue weighted by atomic mass is 127. The Morgan fingerprint density at radius 1 is 1.55 bits per heavy atom. The number of pyridine rings is 1. The molecule has 0 radical (unpaired) electrons. The Morgan fingerprint density at radius 3 is 3.15 bits per heavy atom. The molecule has 0 bridgehead atoms. The molecule has 0 spiro atoms. The fraction of sp³-hybridized carbons (Fsp3) is 0.429. The van der Waals surface area contributed by atoms with Crippen LogP contribution in [0.4, 0.5) is 0 Å². The van der Waals surface area contributed by atoms with E-state index in [-0.39, 0.29) is 24.0 Å². The van der Waals surface area contributed by atoms with Gasteiger partial charge in [-0.15, -0.1) is 0 Å². The van der Waals surface area contributed by atoms with Gasteiger partial charge in [-0.05, 0) is 25.0 Å². The zero-order valence-corrected chi connectivity index (χ0v) is 14.8. The first-order chi connectivity index (χ1) is 9.29. The fourth-order valence-electron chi connectivity index (χ4n) is 1.73. The lowest BCUT2D eigenvalue weighted by atomic mass is 10.2. The van der Waals surface area contributed by atoms with Crippen molar-refractivity contribution >= 4 is 17.8 Å². The predicted octanol–water partition coefficient (Wildman–Crippen LogP) is -0.181. The summed E-state index contributed by atoms with van der Waals surface area (Å²) >= 11 is 1.35. The van der Waals surface area contributed by atoms with Crippen LogP contribution < -0.4 is 28.5 Å². The Bertz CT molecular complexity index is 479. The predicted molar refractivity (Wildman–Crippen MR) is 78.2 cm³/mol. The third-order valence-electron chi connectivity index (χ3n) is 2.79. The molecule has 0 N–H and O–H groups in total. The number of hydrogen-bond donors (Lipinski definition) is 0. The van der Waals surface area contributed by atoms with Gasteiger partial charge < -0.3 is 28.8 Å². The Balaban J connectivity index is 0.00000200. The molecule has 2 rings (SSSR count). The van der Waals surface area contributed by atoms with Crippen LogP contribution in [0.5, 0.6) is 0 Å². The van der Waals surface area contributed by atoms with Gasteiger partial charge >= 0.3 is 0 Å². The van der Waals surface area contributed by atoms with E-state index in [4.69, 9.17) is 4.84 Å². The Hall–Kier alpha value is -0.600. The molecule has 0 saturated carbocycles. The van der Waals surface area contributed by atoms with E-state index >= 15 is 0 Å². The van der Waals surface area contributed by atoms with E-state index in [2.05, 4.69) is 29.7 Å². The molecule has 1 aliphatic rings. The number of aromatic nitrogens is 1. The molecule has 110 valence electrons. The van der Waals surface area contributed by atoms with Gasteiger partial charge in [0, 0.05) is 6.07 Å². The second kappa shape index (κ2) is 9.36. The Labute approximate surface area is 142 Å². The van der Waals surface area contributed by atoms with Gasteiger partial charge in [0.25, 0.3) is 0 Å². The first-order valence-electron chi connectivity index (χ1n) is 6.58. The number of rotatable bonds is 6. The maximum Gasteiger partial charge on any atom is 0.177 e. The van der Waals surface area contributed by atoms with E-state index in [9.17, 15) is 0 Å². The zero-order chi connectivity index (χ0) is 13.5. The largest absolute Gasteiger partial charge is 1.00 e. The van der Waals surface area contributed by atoms with Gasteiger partial charge in [0.05, 0.1) is 30.0 Å². The van der Waals surface area contributed by atoms with Gasteiger partial charge in [0.1, 0.15) is 13.3 Å². The summed E-state index contributed by atoms with van der Waals surface area (Å²) in [5, 5.41) is 0. The molecule has 0 aliphatic carbocycles. The van der Waals surface area contributed by atoms with Crippen LogP contribution in [0.2, 0.25) is 0 Å². The summed E-state index contributed by atoms with van der Waals surface area (Å²) < 4.78 is 8.24. The lowest BCUT2D eigenvalue weighted by Crippen LogP contribution is -3.00. The number of unbranched alkanes of at least 4 members (excludes halogenated alkanes) is 2. The van der Waals surface area contributed by atoms with Crippen LogP contribution in [-0.2, 0) is 11.9 Å². The highest BCUT2D eigenvalue weighted by molar-refractivity contribution is 7.96. The molecule has 20 heavy (non-hydrogen) atoms. The minimum absolute atomic E-state index is 0. The van der Waals surface area contributed by atoms with Crippen LogP contribution in [0.25, 0.3) is 0 Å². The van der Waals surface area contributed by atoms with Crippen LogP contribution in [0.15, 0.2) is 41.3 Å². The summed E-state index contributed by atoms with van der Waals surface area (Å²) in [4.78, 5) is 5.53. The molecule has 1 aromatic heterocycles. The minimum Gasteiger partial charge on any atom is -1.00 e. The SMILES string of the molecule is CCCCC=CON1CC(c2ccc[n+](C)c2)=NS1.[I-]. The molecule has 0 saturated heterocycles. The van der Waals surface area contributed by atoms with Crippen molar-refractivity contribution in [1.29, 1.82) is 0 Å². The van der Waals surface area contributed by atoms with Gasteiger partial charge in [0.2, 0.25) is 0 Å². The lowest BCUT2D eigenvalue weighted by molar-refractivity contribution is -0.671. The number of nitrogens with zero attached hydrogens (tertiary/aromatic N) is 3. The topological polar surface area (TPSA) is 28.7 Å². The molecule has 6 heteroatoms. The van der Waals surface area contributed by atoms with Crippen molar-refractivity contribution in [3.05, 3.63) is 42.4 Å². The molecular formula is C14H20IN3OS. The first-order valence-corrected chi connectivity index (χ1v) is 7.31. The monoisotopic (exact) mass is 405 g/mol. The van der Waals surface area contributed by atoms with E-state index in [0.717, 1.165) is 17.7 Å². The maximum atomic E-state index is 5.53. The highest BCUT2D eigenvalue weighted by Crippen LogP contribution is 2.22. The van der Waals surface area contributed by atoms with E-state index < -0.39 is 0 Å². The summed E-state index contributed by atoms with van der Waals surface area (Å²) in [6.45, 7) is 2.89. The van der Waals surface area contributed by atoms with Gasteiger partial charge in [-0.3, -0.25) is 0 Å². The zero-order valence-electron chi connectivity index (χ0n) is 11.8. The highest BCUT2D eigenvalue weighted by Gasteiger charge is 2.20. The number of hydrogen-bond acceptors (Lipinski definition) is 4. The third-order valence-corrected chi connectivity index (χ3v) is 3.49. The van der Waals surface area contributed by atoms with Gasteiger partial charge in [-0.1, -0.05) is 17.8 Å². The van der Waals surface area contributed by atoms with E-state index in [1.165, 1.54) is 25.0 Å². The second-order valence-electron chi connectivity index (χ2n) is 4.49. The summed E-state index contributed by atoms with van der Waals surface area (Å²) in [7, 11) is 2.01. The molecule has 0 unspecified atom stereocenters. The van der Waals surface area contributed by atoms with E-state index in [1.807, 2.05) is 23.9 Å². The molecule has 0 amide bonds. The summed E-state index contributed by atoms with van der Waals surface area (Å²) in [5.74, 6) is 0. The first kappa shape index (κ1) is 17.5. The second-order valence-corrected chi connectivity index (χ2v) is 5.24. The average molecular weight is 405 g/mol. The summed E-state index contributed by atoms with van der Waals surface area (Å²) in [5.41, 5.74) is 2.18. The standard InChI is InChI=1S/C14H20N3OS.HI/c1-3-4-5-6-10-18-17-12-14(15-19-17)13-8-7-9-16(2)11-13;/h6-11H,3-5,12H2,1-2H3;1H/q+1;/p-1. The fourth-order valence-corrected chi connectivity index (χ4v) is 2.36. The molecule has 4 nitrogen and oxygen atoms in total. The lowest BCUT2D eigenvalue weighted by Gasteiger charge is -2.09. The normalized spacial score (nSPS) is 15.2. The number of hydroxylamine groups is 1. The molecule has 0 atom stereocenters. The van der Waals surface area contributed by atoms with Gasteiger partial charge in [-0.2, -0.15) is 4.40 Å². The quantitative estimate of drug-likeness (QED) is 0.216. The van der Waals surface area contributed by atoms with Gasteiger partial charge in [0.15, 0.2) is 12.4 Å². The Morgan fingerprint density at radius 2 is 2.40 bits per heavy atom. The molecule has 1 aromatic rings. The molecule has 2 heterocycles.